The molecule has 0 amide bonds. The van der Waals surface area contributed by atoms with Crippen LogP contribution in [0.15, 0.2) is 12.2 Å². The van der Waals surface area contributed by atoms with Crippen molar-refractivity contribution in [2.45, 2.75) is 130 Å². The first-order chi connectivity index (χ1) is 16.1. The smallest absolute Gasteiger partial charge is 0.305 e. The summed E-state index contributed by atoms with van der Waals surface area (Å²) in [7, 11) is 1.50. The molecule has 0 aromatic rings. The van der Waals surface area contributed by atoms with E-state index in [4.69, 9.17) is 9.47 Å². The Hall–Kier alpha value is -0.870. The Labute approximate surface area is 214 Å². The minimum Gasteiger partial charge on any atom is -0.469 e. The molecule has 35 heavy (non-hydrogen) atoms. The highest BCUT2D eigenvalue weighted by Crippen LogP contribution is 2.74. The second-order valence-corrected chi connectivity index (χ2v) is 14.3. The zero-order valence-corrected chi connectivity index (χ0v) is 23.8. The van der Waals surface area contributed by atoms with Crippen LogP contribution in [0.2, 0.25) is 0 Å². The van der Waals surface area contributed by atoms with Crippen molar-refractivity contribution >= 4 is 5.97 Å². The van der Waals surface area contributed by atoms with E-state index in [2.05, 4.69) is 41.2 Å². The normalized spacial score (nSPS) is 47.7. The number of hydrogen-bond donors (Lipinski definition) is 1. The number of carbonyl (C=O) groups excluding carboxylic acids is 1. The van der Waals surface area contributed by atoms with Crippen molar-refractivity contribution in [1.82, 2.24) is 0 Å². The summed E-state index contributed by atoms with van der Waals surface area (Å²) in [4.78, 5) is 12.2. The Morgan fingerprint density at radius 1 is 1.00 bits per heavy atom. The number of hydrogen-bond acceptors (Lipinski definition) is 4. The molecule has 0 spiro atoms. The third-order valence-corrected chi connectivity index (χ3v) is 12.2. The quantitative estimate of drug-likeness (QED) is 0.320. The van der Waals surface area contributed by atoms with Crippen LogP contribution in [0.5, 0.6) is 0 Å². The predicted molar refractivity (Wildman–Crippen MR) is 141 cm³/mol. The molecule has 1 N–H and O–H groups in total. The molecule has 0 radical (unpaired) electrons. The molecular formula is C31H52O4. The van der Waals surface area contributed by atoms with Crippen molar-refractivity contribution in [2.24, 2.45) is 39.9 Å². The number of ether oxygens (including phenoxy) is 2. The van der Waals surface area contributed by atoms with E-state index in [0.717, 1.165) is 19.3 Å². The Balaban J connectivity index is 1.63. The molecule has 0 unspecified atom stereocenters. The van der Waals surface area contributed by atoms with Crippen LogP contribution in [-0.4, -0.2) is 35.5 Å². The first kappa shape index (κ1) is 27.2. The summed E-state index contributed by atoms with van der Waals surface area (Å²) in [6.07, 6.45) is 10.7. The van der Waals surface area contributed by atoms with E-state index in [9.17, 15) is 9.90 Å². The fourth-order valence-corrected chi connectivity index (χ4v) is 10.1. The molecule has 0 aromatic heterocycles. The fraction of sp³-hybridized carbons (Fsp3) is 0.903. The number of methoxy groups -OCH3 is 1. The third kappa shape index (κ3) is 4.13. The van der Waals surface area contributed by atoms with Crippen LogP contribution < -0.4 is 0 Å². The average Bonchev–Trinajstić information content (AvgIpc) is 3.34. The fourth-order valence-electron chi connectivity index (χ4n) is 10.1. The lowest BCUT2D eigenvalue weighted by atomic mass is 9.38. The van der Waals surface area contributed by atoms with Crippen LogP contribution in [0.4, 0.5) is 0 Å². The molecule has 0 aromatic carbocycles. The summed E-state index contributed by atoms with van der Waals surface area (Å²) >= 11 is 0. The van der Waals surface area contributed by atoms with Crippen LogP contribution in [0.3, 0.4) is 0 Å². The van der Waals surface area contributed by atoms with Gasteiger partial charge in [0, 0.05) is 6.42 Å². The van der Waals surface area contributed by atoms with Crippen LogP contribution in [-0.2, 0) is 14.3 Å². The van der Waals surface area contributed by atoms with Gasteiger partial charge in [-0.1, -0.05) is 32.9 Å². The molecule has 4 heteroatoms. The largest absolute Gasteiger partial charge is 0.469 e. The van der Waals surface area contributed by atoms with Gasteiger partial charge in [0.2, 0.25) is 0 Å². The number of carbonyl (C=O) groups is 1. The number of esters is 1. The molecule has 1 aliphatic heterocycles. The zero-order chi connectivity index (χ0) is 26.0. The van der Waals surface area contributed by atoms with E-state index >= 15 is 0 Å². The van der Waals surface area contributed by atoms with Gasteiger partial charge in [0.1, 0.15) is 0 Å². The lowest BCUT2D eigenvalue weighted by molar-refractivity contribution is -0.188. The van der Waals surface area contributed by atoms with Gasteiger partial charge in [0.05, 0.1) is 24.4 Å². The van der Waals surface area contributed by atoms with E-state index in [1.54, 1.807) is 0 Å². The summed E-state index contributed by atoms with van der Waals surface area (Å²) < 4.78 is 11.8. The maximum absolute atomic E-state index is 12.2. The SMILES string of the molecule is C=C(C)[C@@H]1CC[C@]2(C)[C@H](CC[C@@H]3[C@@H]([C@@]4(C)CC[C@@H](C(C)(C)O)O4)CC[C@]32C)[C@@]1(C)CCC(=O)OC. The monoisotopic (exact) mass is 488 g/mol. The second-order valence-electron chi connectivity index (χ2n) is 14.3. The molecule has 4 aliphatic rings. The van der Waals surface area contributed by atoms with Gasteiger partial charge in [0.25, 0.3) is 0 Å². The minimum absolute atomic E-state index is 0.0683. The summed E-state index contributed by atoms with van der Waals surface area (Å²) in [5.41, 5.74) is 0.933. The second kappa shape index (κ2) is 8.86. The molecule has 9 atom stereocenters. The number of fused-ring (bicyclic) bond motifs is 3. The number of rotatable bonds is 6. The summed E-state index contributed by atoms with van der Waals surface area (Å²) in [5, 5.41) is 10.6. The van der Waals surface area contributed by atoms with Gasteiger partial charge in [-0.2, -0.15) is 0 Å². The molecular weight excluding hydrogens is 436 g/mol. The van der Waals surface area contributed by atoms with Gasteiger partial charge >= 0.3 is 5.97 Å². The van der Waals surface area contributed by atoms with E-state index < -0.39 is 5.60 Å². The Morgan fingerprint density at radius 2 is 1.66 bits per heavy atom. The lowest BCUT2D eigenvalue weighted by Crippen LogP contribution is -2.60. The molecule has 0 bridgehead atoms. The van der Waals surface area contributed by atoms with Crippen LogP contribution >= 0.6 is 0 Å². The molecule has 4 rings (SSSR count). The maximum Gasteiger partial charge on any atom is 0.305 e. The highest BCUT2D eigenvalue weighted by Gasteiger charge is 2.68. The lowest BCUT2D eigenvalue weighted by Gasteiger charge is -2.66. The molecule has 1 saturated heterocycles. The van der Waals surface area contributed by atoms with Crippen molar-refractivity contribution in [3.8, 4) is 0 Å². The van der Waals surface area contributed by atoms with E-state index in [1.165, 1.54) is 51.2 Å². The van der Waals surface area contributed by atoms with Gasteiger partial charge in [0.15, 0.2) is 0 Å². The standard InChI is InChI=1S/C31H52O4/c1-20(2)21-12-18-30(7)24(28(21,5)16-15-26(32)34-9)11-10-22-23(13-17-29(22,30)6)31(8)19-14-25(35-31)27(3,4)33/h21-25,33H,1,10-19H2,2-9H3/t21-,22+,23-,24+,25-,28-,29+,30+,31+/m0/s1. The minimum atomic E-state index is -0.786. The van der Waals surface area contributed by atoms with Crippen molar-refractivity contribution in [3.63, 3.8) is 0 Å². The van der Waals surface area contributed by atoms with Crippen LogP contribution in [0.25, 0.3) is 0 Å². The molecule has 3 aliphatic carbocycles. The summed E-state index contributed by atoms with van der Waals surface area (Å²) in [6.45, 7) is 20.4. The Bertz CT molecular complexity index is 843. The van der Waals surface area contributed by atoms with Gasteiger partial charge in [-0.05, 0) is 125 Å². The number of aliphatic hydroxyl groups is 1. The Morgan fingerprint density at radius 3 is 2.23 bits per heavy atom. The molecule has 4 nitrogen and oxygen atoms in total. The van der Waals surface area contributed by atoms with Crippen LogP contribution in [0, 0.1) is 39.9 Å². The molecule has 200 valence electrons. The van der Waals surface area contributed by atoms with Gasteiger partial charge < -0.3 is 14.6 Å². The molecule has 1 heterocycles. The van der Waals surface area contributed by atoms with Gasteiger partial charge in [-0.25, -0.2) is 0 Å². The topological polar surface area (TPSA) is 55.8 Å². The number of allylic oxidation sites excluding steroid dienone is 1. The van der Waals surface area contributed by atoms with Crippen LogP contribution in [0.1, 0.15) is 113 Å². The van der Waals surface area contributed by atoms with E-state index in [1.807, 2.05) is 13.8 Å². The Kier molecular flexibility index (Phi) is 6.88. The van der Waals surface area contributed by atoms with E-state index in [-0.39, 0.29) is 33.9 Å². The van der Waals surface area contributed by atoms with Crippen molar-refractivity contribution in [3.05, 3.63) is 12.2 Å². The van der Waals surface area contributed by atoms with Crippen molar-refractivity contribution in [2.75, 3.05) is 7.11 Å². The predicted octanol–water partition coefficient (Wildman–Crippen LogP) is 7.09. The van der Waals surface area contributed by atoms with Gasteiger partial charge in [-0.15, -0.1) is 0 Å². The maximum atomic E-state index is 12.2. The average molecular weight is 489 g/mol. The van der Waals surface area contributed by atoms with Gasteiger partial charge in [-0.3, -0.25) is 4.79 Å². The summed E-state index contributed by atoms with van der Waals surface area (Å²) in [5.74, 6) is 2.16. The van der Waals surface area contributed by atoms with Crippen molar-refractivity contribution < 1.29 is 19.4 Å². The zero-order valence-electron chi connectivity index (χ0n) is 23.8. The first-order valence-electron chi connectivity index (χ1n) is 14.2. The highest BCUT2D eigenvalue weighted by molar-refractivity contribution is 5.69. The molecule has 4 fully saturated rings. The molecule has 3 saturated carbocycles. The first-order valence-corrected chi connectivity index (χ1v) is 14.2. The summed E-state index contributed by atoms with van der Waals surface area (Å²) in [6, 6.07) is 0. The van der Waals surface area contributed by atoms with E-state index in [0.29, 0.717) is 30.1 Å². The highest BCUT2D eigenvalue weighted by atomic mass is 16.5. The third-order valence-electron chi connectivity index (χ3n) is 12.2. The van der Waals surface area contributed by atoms with Crippen molar-refractivity contribution in [1.29, 1.82) is 0 Å².